The number of unbranched alkanes of at least 4 members (excludes halogenated alkanes) is 2. The maximum Gasteiger partial charge on any atom is 0.291 e. The molecule has 0 radical (unpaired) electrons. The Bertz CT molecular complexity index is 1510. The zero-order valence-electron chi connectivity index (χ0n) is 18.0. The molecule has 5 rings (SSSR count). The van der Waals surface area contributed by atoms with E-state index in [1.165, 1.54) is 15.9 Å². The van der Waals surface area contributed by atoms with E-state index in [-0.39, 0.29) is 5.56 Å². The third kappa shape index (κ3) is 3.69. The van der Waals surface area contributed by atoms with Gasteiger partial charge in [0.15, 0.2) is 5.76 Å². The third-order valence-corrected chi connectivity index (χ3v) is 6.40. The van der Waals surface area contributed by atoms with Crippen molar-refractivity contribution in [1.29, 1.82) is 0 Å². The second-order valence-corrected chi connectivity index (χ2v) is 8.70. The number of thiazole rings is 1. The second kappa shape index (κ2) is 8.59. The highest BCUT2D eigenvalue weighted by Crippen LogP contribution is 2.31. The Morgan fingerprint density at radius 2 is 1.94 bits per heavy atom. The van der Waals surface area contributed by atoms with Gasteiger partial charge in [-0.15, -0.1) is 5.10 Å². The number of aromatic nitrogens is 3. The lowest BCUT2D eigenvalue weighted by molar-refractivity contribution is 0.305. The minimum absolute atomic E-state index is 0.196. The van der Waals surface area contributed by atoms with E-state index in [9.17, 15) is 4.79 Å². The quantitative estimate of drug-likeness (QED) is 0.330. The Kier molecular flexibility index (Phi) is 5.49. The molecule has 0 unspecified atom stereocenters. The number of hydrogen-bond acceptors (Lipinski definition) is 6. The highest BCUT2D eigenvalue weighted by atomic mass is 32.1. The highest BCUT2D eigenvalue weighted by molar-refractivity contribution is 7.15. The average Bonchev–Trinajstić information content (AvgIpc) is 3.45. The molecule has 0 bridgehead atoms. The van der Waals surface area contributed by atoms with Crippen LogP contribution in [-0.2, 0) is 0 Å². The highest BCUT2D eigenvalue weighted by Gasteiger charge is 2.19. The van der Waals surface area contributed by atoms with Crippen molar-refractivity contribution < 1.29 is 9.15 Å². The molecule has 0 atom stereocenters. The molecule has 0 saturated heterocycles. The third-order valence-electron chi connectivity index (χ3n) is 5.44. The standard InChI is InChI=1S/C25H23N3O3S/c1-3-4-9-14-30-19-12-7-5-10-17(19)15-21-24(29)28-25(32-21)26-23(27-28)22-16(2)18-11-6-8-13-20(18)31-22/h5-8,10-13,15H,3-4,9,14H2,1-2H3/b21-15+. The van der Waals surface area contributed by atoms with Gasteiger partial charge in [-0.25, -0.2) is 0 Å². The first-order chi connectivity index (χ1) is 15.7. The molecule has 0 N–H and O–H groups in total. The van der Waals surface area contributed by atoms with E-state index in [1.54, 1.807) is 0 Å². The van der Waals surface area contributed by atoms with Crippen molar-refractivity contribution >= 4 is 33.3 Å². The molecule has 3 aromatic heterocycles. The van der Waals surface area contributed by atoms with E-state index in [1.807, 2.05) is 61.5 Å². The van der Waals surface area contributed by atoms with Gasteiger partial charge < -0.3 is 9.15 Å². The van der Waals surface area contributed by atoms with Gasteiger partial charge >= 0.3 is 0 Å². The Morgan fingerprint density at radius 3 is 2.75 bits per heavy atom. The van der Waals surface area contributed by atoms with Crippen LogP contribution in [0.1, 0.15) is 37.3 Å². The SMILES string of the molecule is CCCCCOc1ccccc1/C=c1/sc2nc(-c3oc4ccccc4c3C)nn2c1=O. The van der Waals surface area contributed by atoms with Crippen molar-refractivity contribution in [3.63, 3.8) is 0 Å². The molecular weight excluding hydrogens is 422 g/mol. The van der Waals surface area contributed by atoms with Crippen molar-refractivity contribution in [2.75, 3.05) is 6.61 Å². The molecule has 0 saturated carbocycles. The van der Waals surface area contributed by atoms with Crippen LogP contribution in [0.25, 0.3) is 33.6 Å². The summed E-state index contributed by atoms with van der Waals surface area (Å²) in [6.07, 6.45) is 5.15. The average molecular weight is 446 g/mol. The van der Waals surface area contributed by atoms with Crippen molar-refractivity contribution in [2.45, 2.75) is 33.1 Å². The first-order valence-corrected chi connectivity index (χ1v) is 11.6. The van der Waals surface area contributed by atoms with E-state index in [0.29, 0.717) is 27.7 Å². The Morgan fingerprint density at radius 1 is 1.12 bits per heavy atom. The van der Waals surface area contributed by atoms with Gasteiger partial charge in [-0.05, 0) is 31.6 Å². The van der Waals surface area contributed by atoms with Gasteiger partial charge in [0.2, 0.25) is 10.8 Å². The minimum Gasteiger partial charge on any atom is -0.493 e. The van der Waals surface area contributed by atoms with Gasteiger partial charge in [0.25, 0.3) is 5.56 Å². The van der Waals surface area contributed by atoms with Crippen LogP contribution < -0.4 is 14.8 Å². The van der Waals surface area contributed by atoms with Crippen molar-refractivity contribution in [3.8, 4) is 17.3 Å². The minimum atomic E-state index is -0.196. The van der Waals surface area contributed by atoms with Gasteiger partial charge in [0.1, 0.15) is 11.3 Å². The first-order valence-electron chi connectivity index (χ1n) is 10.8. The summed E-state index contributed by atoms with van der Waals surface area (Å²) in [6.45, 7) is 4.81. The summed E-state index contributed by atoms with van der Waals surface area (Å²) < 4.78 is 13.8. The van der Waals surface area contributed by atoms with Gasteiger partial charge in [-0.3, -0.25) is 4.79 Å². The molecular formula is C25H23N3O3S. The van der Waals surface area contributed by atoms with Crippen molar-refractivity contribution in [1.82, 2.24) is 14.6 Å². The molecule has 0 aliphatic carbocycles. The number of fused-ring (bicyclic) bond motifs is 2. The monoisotopic (exact) mass is 445 g/mol. The summed E-state index contributed by atoms with van der Waals surface area (Å²) in [7, 11) is 0. The van der Waals surface area contributed by atoms with Gasteiger partial charge in [-0.2, -0.15) is 9.50 Å². The number of rotatable bonds is 7. The lowest BCUT2D eigenvalue weighted by Crippen LogP contribution is -2.23. The first kappa shape index (κ1) is 20.5. The number of hydrogen-bond donors (Lipinski definition) is 0. The predicted molar refractivity (Wildman–Crippen MR) is 127 cm³/mol. The number of ether oxygens (including phenoxy) is 1. The van der Waals surface area contributed by atoms with E-state index in [0.717, 1.165) is 47.1 Å². The zero-order chi connectivity index (χ0) is 22.1. The van der Waals surface area contributed by atoms with E-state index >= 15 is 0 Å². The summed E-state index contributed by atoms with van der Waals surface area (Å²) in [5.41, 5.74) is 2.43. The Labute approximate surface area is 188 Å². The number of benzene rings is 2. The van der Waals surface area contributed by atoms with Crippen LogP contribution in [-0.4, -0.2) is 21.2 Å². The summed E-state index contributed by atoms with van der Waals surface area (Å²) in [6, 6.07) is 15.6. The summed E-state index contributed by atoms with van der Waals surface area (Å²) in [5, 5.41) is 5.47. The molecule has 0 aliphatic rings. The summed E-state index contributed by atoms with van der Waals surface area (Å²) in [5.74, 6) is 1.80. The molecule has 7 heteroatoms. The summed E-state index contributed by atoms with van der Waals surface area (Å²) in [4.78, 5) is 18.1. The van der Waals surface area contributed by atoms with Gasteiger partial charge in [0, 0.05) is 16.5 Å². The zero-order valence-corrected chi connectivity index (χ0v) is 18.8. The molecule has 0 spiro atoms. The van der Waals surface area contributed by atoms with Crippen LogP contribution in [0, 0.1) is 6.92 Å². The fourth-order valence-corrected chi connectivity index (χ4v) is 4.62. The Balaban J connectivity index is 1.51. The molecule has 0 aliphatic heterocycles. The van der Waals surface area contributed by atoms with Crippen molar-refractivity contribution in [2.24, 2.45) is 0 Å². The molecule has 0 amide bonds. The molecule has 0 fully saturated rings. The van der Waals surface area contributed by atoms with Crippen LogP contribution in [0.4, 0.5) is 0 Å². The van der Waals surface area contributed by atoms with Crippen LogP contribution in [0.5, 0.6) is 5.75 Å². The maximum atomic E-state index is 13.0. The van der Waals surface area contributed by atoms with Gasteiger partial charge in [-0.1, -0.05) is 67.5 Å². The molecule has 162 valence electrons. The maximum absolute atomic E-state index is 13.0. The molecule has 2 aromatic carbocycles. The van der Waals surface area contributed by atoms with Crippen LogP contribution in [0.2, 0.25) is 0 Å². The number of para-hydroxylation sites is 2. The normalized spacial score (nSPS) is 12.2. The largest absolute Gasteiger partial charge is 0.493 e. The van der Waals surface area contributed by atoms with Crippen molar-refractivity contribution in [3.05, 3.63) is 74.5 Å². The predicted octanol–water partition coefficient (Wildman–Crippen LogP) is 4.99. The van der Waals surface area contributed by atoms with Gasteiger partial charge in [0.05, 0.1) is 11.1 Å². The van der Waals surface area contributed by atoms with E-state index < -0.39 is 0 Å². The van der Waals surface area contributed by atoms with E-state index in [2.05, 4.69) is 17.0 Å². The fourth-order valence-electron chi connectivity index (χ4n) is 3.72. The number of furan rings is 1. The number of aryl methyl sites for hydroxylation is 1. The molecule has 6 nitrogen and oxygen atoms in total. The number of nitrogens with zero attached hydrogens (tertiary/aromatic N) is 3. The van der Waals surface area contributed by atoms with Crippen LogP contribution in [0.3, 0.4) is 0 Å². The smallest absolute Gasteiger partial charge is 0.291 e. The van der Waals surface area contributed by atoms with E-state index in [4.69, 9.17) is 9.15 Å². The topological polar surface area (TPSA) is 69.6 Å². The Hall–Kier alpha value is -3.45. The lowest BCUT2D eigenvalue weighted by Gasteiger charge is -2.08. The fraction of sp³-hybridized carbons (Fsp3) is 0.240. The summed E-state index contributed by atoms with van der Waals surface area (Å²) >= 11 is 1.31. The molecule has 3 heterocycles. The second-order valence-electron chi connectivity index (χ2n) is 7.69. The van der Waals surface area contributed by atoms with Crippen LogP contribution in [0.15, 0.2) is 57.7 Å². The van der Waals surface area contributed by atoms with Crippen LogP contribution >= 0.6 is 11.3 Å². The molecule has 5 aromatic rings. The lowest BCUT2D eigenvalue weighted by atomic mass is 10.1. The molecule has 32 heavy (non-hydrogen) atoms.